The molecule has 3 rings (SSSR count). The number of ether oxygens (including phenoxy) is 1. The van der Waals surface area contributed by atoms with Gasteiger partial charge in [0.1, 0.15) is 11.6 Å². The summed E-state index contributed by atoms with van der Waals surface area (Å²) in [7, 11) is 0. The van der Waals surface area contributed by atoms with E-state index in [9.17, 15) is 9.59 Å². The number of carbonyl (C=O) groups is 2. The Bertz CT molecular complexity index is 743. The maximum Gasteiger partial charge on any atom is 0.379 e. The second kappa shape index (κ2) is 6.64. The number of hydrogen-bond acceptors (Lipinski definition) is 4. The Hall–Kier alpha value is -1.98. The van der Waals surface area contributed by atoms with Crippen molar-refractivity contribution in [2.24, 2.45) is 0 Å². The number of rotatable bonds is 3. The van der Waals surface area contributed by atoms with E-state index in [2.05, 4.69) is 0 Å². The number of furan rings is 1. The molecule has 7 heteroatoms. The average molecular weight is 354 g/mol. The SMILES string of the molecule is O=C(Oc1ccc2c(c1Cl)CCCN2C(=O)CCl)c1ccco1. The lowest BCUT2D eigenvalue weighted by Crippen LogP contribution is -2.36. The molecule has 0 saturated heterocycles. The number of fused-ring (bicyclic) bond motifs is 1. The van der Waals surface area contributed by atoms with Crippen LogP contribution in [0.4, 0.5) is 5.69 Å². The van der Waals surface area contributed by atoms with Crippen LogP contribution in [0.3, 0.4) is 0 Å². The van der Waals surface area contributed by atoms with Crippen molar-refractivity contribution >= 4 is 40.8 Å². The van der Waals surface area contributed by atoms with Gasteiger partial charge in [0.25, 0.3) is 0 Å². The number of esters is 1. The van der Waals surface area contributed by atoms with Gasteiger partial charge in [-0.25, -0.2) is 4.79 Å². The molecule has 23 heavy (non-hydrogen) atoms. The normalized spacial score (nSPS) is 13.6. The van der Waals surface area contributed by atoms with E-state index in [-0.39, 0.29) is 23.3 Å². The first-order chi connectivity index (χ1) is 11.1. The lowest BCUT2D eigenvalue weighted by Gasteiger charge is -2.30. The van der Waals surface area contributed by atoms with Gasteiger partial charge < -0.3 is 14.1 Å². The summed E-state index contributed by atoms with van der Waals surface area (Å²) in [6.45, 7) is 0.598. The van der Waals surface area contributed by atoms with E-state index in [0.717, 1.165) is 12.0 Å². The zero-order valence-electron chi connectivity index (χ0n) is 12.1. The summed E-state index contributed by atoms with van der Waals surface area (Å²) in [5.41, 5.74) is 1.49. The average Bonchev–Trinajstić information content (AvgIpc) is 3.11. The van der Waals surface area contributed by atoms with Crippen LogP contribution in [0, 0.1) is 0 Å². The molecule has 1 amide bonds. The van der Waals surface area contributed by atoms with Gasteiger partial charge in [-0.3, -0.25) is 4.79 Å². The predicted molar refractivity (Wildman–Crippen MR) is 86.5 cm³/mol. The van der Waals surface area contributed by atoms with Gasteiger partial charge in [0.2, 0.25) is 11.7 Å². The molecule has 0 atom stereocenters. The molecule has 0 bridgehead atoms. The number of carbonyl (C=O) groups excluding carboxylic acids is 2. The third kappa shape index (κ3) is 3.07. The summed E-state index contributed by atoms with van der Waals surface area (Å²) in [6.07, 6.45) is 2.86. The topological polar surface area (TPSA) is 59.8 Å². The molecule has 0 unspecified atom stereocenters. The van der Waals surface area contributed by atoms with Gasteiger partial charge in [0.05, 0.1) is 11.3 Å². The predicted octanol–water partition coefficient (Wildman–Crippen LogP) is 3.67. The summed E-state index contributed by atoms with van der Waals surface area (Å²) >= 11 is 12.0. The Kier molecular flexibility index (Phi) is 4.59. The fraction of sp³-hybridized carbons (Fsp3) is 0.250. The van der Waals surface area contributed by atoms with E-state index in [4.69, 9.17) is 32.4 Å². The fourth-order valence-corrected chi connectivity index (χ4v) is 3.01. The molecule has 0 saturated carbocycles. The highest BCUT2D eigenvalue weighted by molar-refractivity contribution is 6.34. The molecule has 120 valence electrons. The lowest BCUT2D eigenvalue weighted by molar-refractivity contribution is -0.116. The van der Waals surface area contributed by atoms with Crippen LogP contribution in [-0.2, 0) is 11.2 Å². The van der Waals surface area contributed by atoms with Crippen LogP contribution < -0.4 is 9.64 Å². The summed E-state index contributed by atoms with van der Waals surface area (Å²) in [6, 6.07) is 6.40. The third-order valence-electron chi connectivity index (χ3n) is 3.62. The highest BCUT2D eigenvalue weighted by Gasteiger charge is 2.26. The molecular formula is C16H13Cl2NO4. The Morgan fingerprint density at radius 1 is 1.30 bits per heavy atom. The Morgan fingerprint density at radius 3 is 2.83 bits per heavy atom. The third-order valence-corrected chi connectivity index (χ3v) is 4.27. The zero-order chi connectivity index (χ0) is 16.4. The smallest absolute Gasteiger partial charge is 0.379 e. The molecular weight excluding hydrogens is 341 g/mol. The van der Waals surface area contributed by atoms with E-state index >= 15 is 0 Å². The first-order valence-electron chi connectivity index (χ1n) is 7.05. The zero-order valence-corrected chi connectivity index (χ0v) is 13.6. The molecule has 5 nitrogen and oxygen atoms in total. The molecule has 0 radical (unpaired) electrons. The van der Waals surface area contributed by atoms with Crippen LogP contribution >= 0.6 is 23.2 Å². The van der Waals surface area contributed by atoms with Crippen molar-refractivity contribution in [2.75, 3.05) is 17.3 Å². The highest BCUT2D eigenvalue weighted by atomic mass is 35.5. The minimum absolute atomic E-state index is 0.0910. The Morgan fingerprint density at radius 2 is 2.13 bits per heavy atom. The number of anilines is 1. The molecule has 0 fully saturated rings. The molecule has 0 N–H and O–H groups in total. The van der Waals surface area contributed by atoms with Crippen molar-refractivity contribution in [3.05, 3.63) is 46.9 Å². The molecule has 1 aliphatic rings. The summed E-state index contributed by atoms with van der Waals surface area (Å²) in [5.74, 6) is -0.554. The Balaban J connectivity index is 1.90. The Labute approximate surface area is 142 Å². The lowest BCUT2D eigenvalue weighted by atomic mass is 10.0. The highest BCUT2D eigenvalue weighted by Crippen LogP contribution is 2.39. The van der Waals surface area contributed by atoms with Crippen LogP contribution in [0.1, 0.15) is 22.5 Å². The van der Waals surface area contributed by atoms with Gasteiger partial charge >= 0.3 is 5.97 Å². The quantitative estimate of drug-likeness (QED) is 0.479. The molecule has 0 spiro atoms. The van der Waals surface area contributed by atoms with Crippen LogP contribution in [0.2, 0.25) is 5.02 Å². The van der Waals surface area contributed by atoms with E-state index in [1.54, 1.807) is 23.1 Å². The fourth-order valence-electron chi connectivity index (χ4n) is 2.57. The van der Waals surface area contributed by atoms with Crippen LogP contribution in [-0.4, -0.2) is 24.3 Å². The molecule has 2 heterocycles. The maximum atomic E-state index is 12.0. The minimum Gasteiger partial charge on any atom is -0.457 e. The van der Waals surface area contributed by atoms with Gasteiger partial charge in [0, 0.05) is 12.2 Å². The van der Waals surface area contributed by atoms with E-state index < -0.39 is 5.97 Å². The van der Waals surface area contributed by atoms with Crippen molar-refractivity contribution in [1.82, 2.24) is 0 Å². The molecule has 1 aliphatic heterocycles. The molecule has 2 aromatic rings. The van der Waals surface area contributed by atoms with Crippen LogP contribution in [0.5, 0.6) is 5.75 Å². The van der Waals surface area contributed by atoms with Gasteiger partial charge in [-0.2, -0.15) is 0 Å². The number of nitrogens with zero attached hydrogens (tertiary/aromatic N) is 1. The minimum atomic E-state index is -0.624. The molecule has 1 aromatic heterocycles. The summed E-state index contributed by atoms with van der Waals surface area (Å²) in [4.78, 5) is 25.5. The molecule has 0 aliphatic carbocycles. The number of halogens is 2. The first kappa shape index (κ1) is 15.9. The number of benzene rings is 1. The van der Waals surface area contributed by atoms with Gasteiger partial charge in [0.15, 0.2) is 0 Å². The number of hydrogen-bond donors (Lipinski definition) is 0. The first-order valence-corrected chi connectivity index (χ1v) is 7.96. The van der Waals surface area contributed by atoms with E-state index in [0.29, 0.717) is 23.7 Å². The summed E-state index contributed by atoms with van der Waals surface area (Å²) < 4.78 is 10.3. The van der Waals surface area contributed by atoms with Crippen molar-refractivity contribution in [1.29, 1.82) is 0 Å². The van der Waals surface area contributed by atoms with Crippen molar-refractivity contribution in [3.63, 3.8) is 0 Å². The standard InChI is InChI=1S/C16H13Cl2NO4/c17-9-14(20)19-7-1-3-10-11(19)5-6-12(15(10)18)23-16(21)13-4-2-8-22-13/h2,4-6,8H,1,3,7,9H2. The second-order valence-electron chi connectivity index (χ2n) is 5.02. The van der Waals surface area contributed by atoms with Crippen LogP contribution in [0.15, 0.2) is 34.9 Å². The van der Waals surface area contributed by atoms with Crippen molar-refractivity contribution < 1.29 is 18.7 Å². The largest absolute Gasteiger partial charge is 0.457 e. The van der Waals surface area contributed by atoms with Gasteiger partial charge in [-0.1, -0.05) is 11.6 Å². The van der Waals surface area contributed by atoms with Crippen LogP contribution in [0.25, 0.3) is 0 Å². The van der Waals surface area contributed by atoms with Crippen molar-refractivity contribution in [2.45, 2.75) is 12.8 Å². The monoisotopic (exact) mass is 353 g/mol. The van der Waals surface area contributed by atoms with E-state index in [1.807, 2.05) is 0 Å². The van der Waals surface area contributed by atoms with Gasteiger partial charge in [-0.05, 0) is 42.7 Å². The second-order valence-corrected chi connectivity index (χ2v) is 5.67. The number of alkyl halides is 1. The van der Waals surface area contributed by atoms with Gasteiger partial charge in [-0.15, -0.1) is 11.6 Å². The molecule has 1 aromatic carbocycles. The summed E-state index contributed by atoms with van der Waals surface area (Å²) in [5, 5.41) is 0.328. The number of amides is 1. The van der Waals surface area contributed by atoms with E-state index in [1.165, 1.54) is 12.3 Å². The van der Waals surface area contributed by atoms with Crippen molar-refractivity contribution in [3.8, 4) is 5.75 Å². The maximum absolute atomic E-state index is 12.0.